The molecule has 0 radical (unpaired) electrons. The van der Waals surface area contributed by atoms with E-state index < -0.39 is 23.8 Å². The summed E-state index contributed by atoms with van der Waals surface area (Å²) in [5.74, 6) is -0.498. The standard InChI is InChI=1S/C26H41N3O4S/c1-17(2)29(24(31)21(16-34)28-25(32)33-26(4,5)6)22(19-12-10-11-18(3)15-19)23(30)27-20-13-8-7-9-14-20/h10-12,15,17,20-22,34H,7-9,13-14,16H2,1-6H3,(H,27,30)(H,28,32). The van der Waals surface area contributed by atoms with Crippen molar-refractivity contribution in [2.45, 2.75) is 103 Å². The third-order valence-corrected chi connectivity index (χ3v) is 6.18. The van der Waals surface area contributed by atoms with E-state index in [-0.39, 0.29) is 29.7 Å². The van der Waals surface area contributed by atoms with Crippen LogP contribution in [0.25, 0.3) is 0 Å². The molecule has 0 spiro atoms. The first kappa shape index (κ1) is 28.0. The second kappa shape index (κ2) is 12.5. The Balaban J connectivity index is 2.37. The monoisotopic (exact) mass is 491 g/mol. The first-order chi connectivity index (χ1) is 15.9. The average Bonchev–Trinajstić information content (AvgIpc) is 2.74. The number of ether oxygens (including phenoxy) is 1. The molecule has 0 saturated heterocycles. The number of benzene rings is 1. The van der Waals surface area contributed by atoms with Crippen molar-refractivity contribution in [3.8, 4) is 0 Å². The van der Waals surface area contributed by atoms with Crippen molar-refractivity contribution in [3.05, 3.63) is 35.4 Å². The quantitative estimate of drug-likeness (QED) is 0.466. The fourth-order valence-corrected chi connectivity index (χ4v) is 4.55. The molecule has 0 aliphatic heterocycles. The number of carbonyl (C=O) groups excluding carboxylic acids is 3. The number of carbonyl (C=O) groups is 3. The van der Waals surface area contributed by atoms with E-state index in [0.717, 1.165) is 36.8 Å². The van der Waals surface area contributed by atoms with Gasteiger partial charge in [-0.1, -0.05) is 49.1 Å². The van der Waals surface area contributed by atoms with Crippen LogP contribution in [0.5, 0.6) is 0 Å². The Labute approximate surface area is 209 Å². The van der Waals surface area contributed by atoms with Gasteiger partial charge in [0.2, 0.25) is 11.8 Å². The fraction of sp³-hybridized carbons (Fsp3) is 0.654. The van der Waals surface area contributed by atoms with Gasteiger partial charge in [-0.2, -0.15) is 12.6 Å². The van der Waals surface area contributed by atoms with Crippen LogP contribution in [0.2, 0.25) is 0 Å². The van der Waals surface area contributed by atoms with Crippen LogP contribution in [0.4, 0.5) is 4.79 Å². The van der Waals surface area contributed by atoms with Gasteiger partial charge in [0.15, 0.2) is 0 Å². The zero-order valence-electron chi connectivity index (χ0n) is 21.4. The summed E-state index contributed by atoms with van der Waals surface area (Å²) in [6, 6.07) is 5.72. The summed E-state index contributed by atoms with van der Waals surface area (Å²) in [5, 5.41) is 5.83. The molecule has 2 rings (SSSR count). The zero-order chi connectivity index (χ0) is 25.5. The summed E-state index contributed by atoms with van der Waals surface area (Å²) < 4.78 is 5.34. The number of nitrogens with one attached hydrogen (secondary N) is 2. The van der Waals surface area contributed by atoms with Crippen LogP contribution < -0.4 is 10.6 Å². The topological polar surface area (TPSA) is 87.7 Å². The number of nitrogens with zero attached hydrogens (tertiary/aromatic N) is 1. The maximum atomic E-state index is 13.7. The molecule has 1 aromatic rings. The molecule has 2 N–H and O–H groups in total. The Morgan fingerprint density at radius 2 is 1.79 bits per heavy atom. The van der Waals surface area contributed by atoms with Crippen molar-refractivity contribution >= 4 is 30.5 Å². The van der Waals surface area contributed by atoms with Gasteiger partial charge >= 0.3 is 6.09 Å². The molecule has 2 atom stereocenters. The van der Waals surface area contributed by atoms with Crippen molar-refractivity contribution in [1.29, 1.82) is 0 Å². The second-order valence-corrected chi connectivity index (χ2v) is 10.7. The van der Waals surface area contributed by atoms with Gasteiger partial charge in [-0.15, -0.1) is 0 Å². The number of alkyl carbamates (subject to hydrolysis) is 1. The summed E-state index contributed by atoms with van der Waals surface area (Å²) in [6.07, 6.45) is 4.57. The first-order valence-electron chi connectivity index (χ1n) is 12.2. The first-order valence-corrected chi connectivity index (χ1v) is 12.9. The van der Waals surface area contributed by atoms with Gasteiger partial charge in [0, 0.05) is 17.8 Å². The lowest BCUT2D eigenvalue weighted by atomic mass is 9.94. The lowest BCUT2D eigenvalue weighted by Crippen LogP contribution is -2.56. The van der Waals surface area contributed by atoms with E-state index >= 15 is 0 Å². The number of hydrogen-bond acceptors (Lipinski definition) is 5. The molecule has 1 aliphatic carbocycles. The maximum Gasteiger partial charge on any atom is 0.408 e. The maximum absolute atomic E-state index is 13.7. The van der Waals surface area contributed by atoms with Crippen LogP contribution in [-0.4, -0.2) is 52.3 Å². The molecule has 3 amide bonds. The molecule has 1 fully saturated rings. The van der Waals surface area contributed by atoms with Crippen LogP contribution in [-0.2, 0) is 14.3 Å². The molecular weight excluding hydrogens is 450 g/mol. The number of thiol groups is 1. The zero-order valence-corrected chi connectivity index (χ0v) is 22.3. The molecule has 2 unspecified atom stereocenters. The van der Waals surface area contributed by atoms with Crippen molar-refractivity contribution in [3.63, 3.8) is 0 Å². The minimum absolute atomic E-state index is 0.0755. The summed E-state index contributed by atoms with van der Waals surface area (Å²) in [5.41, 5.74) is 1.04. The molecule has 8 heteroatoms. The van der Waals surface area contributed by atoms with E-state index in [1.165, 1.54) is 6.42 Å². The Bertz CT molecular complexity index is 847. The summed E-state index contributed by atoms with van der Waals surface area (Å²) in [7, 11) is 0. The lowest BCUT2D eigenvalue weighted by molar-refractivity contribution is -0.144. The summed E-state index contributed by atoms with van der Waals surface area (Å²) >= 11 is 4.32. The third-order valence-electron chi connectivity index (χ3n) is 5.82. The highest BCUT2D eigenvalue weighted by Crippen LogP contribution is 2.27. The molecule has 190 valence electrons. The van der Waals surface area contributed by atoms with Gasteiger partial charge < -0.3 is 20.3 Å². The molecule has 7 nitrogen and oxygen atoms in total. The SMILES string of the molecule is Cc1cccc(C(C(=O)NC2CCCCC2)N(C(=O)C(CS)NC(=O)OC(C)(C)C)C(C)C)c1. The fourth-order valence-electron chi connectivity index (χ4n) is 4.30. The average molecular weight is 492 g/mol. The molecule has 1 aromatic carbocycles. The van der Waals surface area contributed by atoms with Crippen molar-refractivity contribution < 1.29 is 19.1 Å². The Hall–Kier alpha value is -2.22. The lowest BCUT2D eigenvalue weighted by Gasteiger charge is -2.38. The molecule has 1 saturated carbocycles. The Kier molecular flexibility index (Phi) is 10.3. The number of amides is 3. The van der Waals surface area contributed by atoms with E-state index in [4.69, 9.17) is 4.74 Å². The predicted molar refractivity (Wildman–Crippen MR) is 138 cm³/mol. The molecule has 0 bridgehead atoms. The minimum atomic E-state index is -0.935. The number of rotatable bonds is 8. The van der Waals surface area contributed by atoms with Gasteiger partial charge in [0.25, 0.3) is 0 Å². The molecule has 34 heavy (non-hydrogen) atoms. The van der Waals surface area contributed by atoms with Crippen molar-refractivity contribution in [2.24, 2.45) is 0 Å². The highest BCUT2D eigenvalue weighted by molar-refractivity contribution is 7.80. The van der Waals surface area contributed by atoms with E-state index in [1.54, 1.807) is 25.7 Å². The summed E-state index contributed by atoms with van der Waals surface area (Å²) in [4.78, 5) is 41.3. The van der Waals surface area contributed by atoms with Crippen molar-refractivity contribution in [2.75, 3.05) is 5.75 Å². The van der Waals surface area contributed by atoms with Gasteiger partial charge in [-0.3, -0.25) is 9.59 Å². The molecule has 0 aromatic heterocycles. The van der Waals surface area contributed by atoms with E-state index in [9.17, 15) is 14.4 Å². The number of aryl methyl sites for hydroxylation is 1. The molecule has 0 heterocycles. The second-order valence-electron chi connectivity index (χ2n) is 10.4. The highest BCUT2D eigenvalue weighted by Gasteiger charge is 2.38. The van der Waals surface area contributed by atoms with E-state index in [1.807, 2.05) is 45.0 Å². The summed E-state index contributed by atoms with van der Waals surface area (Å²) in [6.45, 7) is 11.0. The van der Waals surface area contributed by atoms with Crippen LogP contribution in [0.3, 0.4) is 0 Å². The third kappa shape index (κ3) is 8.22. The Morgan fingerprint density at radius 1 is 1.15 bits per heavy atom. The van der Waals surface area contributed by atoms with Crippen LogP contribution in [0.1, 0.15) is 83.9 Å². The van der Waals surface area contributed by atoms with E-state index in [2.05, 4.69) is 23.3 Å². The van der Waals surface area contributed by atoms with Crippen LogP contribution in [0.15, 0.2) is 24.3 Å². The van der Waals surface area contributed by atoms with Gasteiger partial charge in [0.1, 0.15) is 17.7 Å². The largest absolute Gasteiger partial charge is 0.444 e. The van der Waals surface area contributed by atoms with Gasteiger partial charge in [-0.05, 0) is 59.9 Å². The smallest absolute Gasteiger partial charge is 0.408 e. The predicted octanol–water partition coefficient (Wildman–Crippen LogP) is 4.55. The van der Waals surface area contributed by atoms with Gasteiger partial charge in [-0.25, -0.2) is 4.79 Å². The molecule has 1 aliphatic rings. The number of hydrogen-bond donors (Lipinski definition) is 3. The molecular formula is C26H41N3O4S. The van der Waals surface area contributed by atoms with Crippen molar-refractivity contribution in [1.82, 2.24) is 15.5 Å². The van der Waals surface area contributed by atoms with E-state index in [0.29, 0.717) is 0 Å². The Morgan fingerprint density at radius 3 is 2.32 bits per heavy atom. The van der Waals surface area contributed by atoms with Crippen LogP contribution in [0, 0.1) is 6.92 Å². The normalized spacial score (nSPS) is 16.5. The highest BCUT2D eigenvalue weighted by atomic mass is 32.1. The minimum Gasteiger partial charge on any atom is -0.444 e. The van der Waals surface area contributed by atoms with Gasteiger partial charge in [0.05, 0.1) is 0 Å². The van der Waals surface area contributed by atoms with Crippen LogP contribution >= 0.6 is 12.6 Å².